The monoisotopic (exact) mass is 529 g/mol. The summed E-state index contributed by atoms with van der Waals surface area (Å²) in [4.78, 5) is 0. The van der Waals surface area contributed by atoms with Gasteiger partial charge in [0.2, 0.25) is 10.2 Å². The molecule has 3 rings (SSSR count). The minimum absolute atomic E-state index is 0.389. The lowest BCUT2D eigenvalue weighted by Crippen LogP contribution is -2.49. The van der Waals surface area contributed by atoms with E-state index in [0.29, 0.717) is 53.8 Å². The summed E-state index contributed by atoms with van der Waals surface area (Å²) in [6.07, 6.45) is 7.52. The molecule has 0 aromatic heterocycles. The molecule has 197 valence electrons. The van der Waals surface area contributed by atoms with Crippen molar-refractivity contribution in [1.29, 1.82) is 0 Å². The summed E-state index contributed by atoms with van der Waals surface area (Å²) >= 11 is 0. The van der Waals surface area contributed by atoms with Crippen LogP contribution < -0.4 is 28.4 Å². The van der Waals surface area contributed by atoms with Crippen molar-refractivity contribution in [3.05, 3.63) is 109 Å². The first-order chi connectivity index (χ1) is 18.4. The molecule has 0 unspecified atom stereocenters. The van der Waals surface area contributed by atoms with E-state index < -0.39 is 5.60 Å². The van der Waals surface area contributed by atoms with Gasteiger partial charge in [-0.05, 0) is 72.4 Å². The molecule has 0 fully saturated rings. The predicted octanol–water partition coefficient (Wildman–Crippen LogP) is 6.21. The number of hydrogen-bond donors (Lipinski definition) is 0. The van der Waals surface area contributed by atoms with Crippen LogP contribution in [0, 0.1) is 0 Å². The summed E-state index contributed by atoms with van der Waals surface area (Å²) in [5.74, 6) is 2.67. The van der Waals surface area contributed by atoms with Crippen LogP contribution in [0.3, 0.4) is 0 Å². The number of ether oxygens (including phenoxy) is 6. The normalized spacial score (nSPS) is 10.7. The van der Waals surface area contributed by atoms with Crippen LogP contribution in [0.4, 0.5) is 0 Å². The number of methoxy groups -OCH3 is 3. The van der Waals surface area contributed by atoms with Crippen LogP contribution in [0.25, 0.3) is 0 Å². The van der Waals surface area contributed by atoms with Gasteiger partial charge < -0.3 is 28.4 Å². The average molecular weight is 530 g/mol. The molecule has 0 saturated heterocycles. The zero-order valence-corrected chi connectivity index (χ0v) is 23.1. The summed E-state index contributed by atoms with van der Waals surface area (Å²) in [6, 6.07) is 16.7. The van der Waals surface area contributed by atoms with Crippen LogP contribution in [-0.2, 0) is 19.3 Å². The summed E-state index contributed by atoms with van der Waals surface area (Å²) in [5.41, 5.74) is 1.21. The molecule has 0 bridgehead atoms. The number of benzene rings is 3. The summed E-state index contributed by atoms with van der Waals surface area (Å²) in [6.45, 7) is 11.4. The first-order valence-corrected chi connectivity index (χ1v) is 12.5. The smallest absolute Gasteiger partial charge is 0.372 e. The molecule has 0 heterocycles. The van der Waals surface area contributed by atoms with E-state index in [1.54, 1.807) is 39.5 Å². The first kappa shape index (κ1) is 28.5. The largest absolute Gasteiger partial charge is 0.493 e. The topological polar surface area (TPSA) is 55.4 Å². The van der Waals surface area contributed by atoms with Crippen LogP contribution >= 0.6 is 0 Å². The van der Waals surface area contributed by atoms with Gasteiger partial charge in [0, 0.05) is 0 Å². The first-order valence-electron chi connectivity index (χ1n) is 12.0. The van der Waals surface area contributed by atoms with Crippen LogP contribution in [0.1, 0.15) is 16.7 Å². The van der Waals surface area contributed by atoms with Crippen molar-refractivity contribution in [3.63, 3.8) is 0 Å². The van der Waals surface area contributed by atoms with Crippen molar-refractivity contribution in [2.45, 2.75) is 24.9 Å². The molecule has 0 aliphatic heterocycles. The van der Waals surface area contributed by atoms with Crippen LogP contribution in [0.2, 0.25) is 0 Å². The van der Waals surface area contributed by atoms with Crippen molar-refractivity contribution < 1.29 is 28.4 Å². The maximum absolute atomic E-state index is 6.29. The maximum atomic E-state index is 6.29. The molecule has 38 heavy (non-hydrogen) atoms. The molecule has 0 spiro atoms. The third-order valence-corrected chi connectivity index (χ3v) is 5.86. The molecule has 0 atom stereocenters. The lowest BCUT2D eigenvalue weighted by atomic mass is 10.1. The molecule has 3 aromatic rings. The zero-order valence-electron chi connectivity index (χ0n) is 22.1. The molecule has 0 aliphatic rings. The molecule has 0 N–H and O–H groups in total. The standard InChI is InChI=1S/C31H33O6Si/c1-7-10-22-13-16-25(28(19-22)32-4)35-31(38,36-26-17-14-23(11-8-2)20-29(26)33-5)37-27-18-15-24(12-9-3)21-30(27)34-6/h7-9,13-21H,1-3,10-12H2,4-6H3. The van der Waals surface area contributed by atoms with E-state index in [1.807, 2.05) is 54.6 Å². The minimum Gasteiger partial charge on any atom is -0.493 e. The Hall–Kier alpha value is -4.10. The van der Waals surface area contributed by atoms with E-state index in [9.17, 15) is 0 Å². The van der Waals surface area contributed by atoms with Gasteiger partial charge in [0.1, 0.15) is 0 Å². The van der Waals surface area contributed by atoms with Gasteiger partial charge in [0.15, 0.2) is 34.5 Å². The molecular weight excluding hydrogens is 496 g/mol. The third kappa shape index (κ3) is 7.23. The van der Waals surface area contributed by atoms with E-state index in [2.05, 4.69) is 30.0 Å². The van der Waals surface area contributed by atoms with E-state index in [4.69, 9.17) is 28.4 Å². The quantitative estimate of drug-likeness (QED) is 0.132. The summed E-state index contributed by atoms with van der Waals surface area (Å²) < 4.78 is 35.7. The predicted molar refractivity (Wildman–Crippen MR) is 151 cm³/mol. The Morgan fingerprint density at radius 1 is 0.553 bits per heavy atom. The van der Waals surface area contributed by atoms with Crippen molar-refractivity contribution in [3.8, 4) is 34.5 Å². The van der Waals surface area contributed by atoms with Gasteiger partial charge in [-0.1, -0.05) is 36.4 Å². The van der Waals surface area contributed by atoms with Gasteiger partial charge in [-0.15, -0.1) is 19.7 Å². The lowest BCUT2D eigenvalue weighted by molar-refractivity contribution is -0.185. The highest BCUT2D eigenvalue weighted by Crippen LogP contribution is 2.38. The number of allylic oxidation sites excluding steroid dienone is 3. The SMILES string of the molecule is C=CCc1ccc(OC([Si])(Oc2ccc(CC=C)cc2OC)Oc2ccc(CC=C)cc2OC)c(OC)c1. The van der Waals surface area contributed by atoms with E-state index >= 15 is 0 Å². The van der Waals surface area contributed by atoms with Crippen LogP contribution in [-0.4, -0.2) is 37.2 Å². The van der Waals surface area contributed by atoms with Gasteiger partial charge in [-0.2, -0.15) is 0 Å². The average Bonchev–Trinajstić information content (AvgIpc) is 2.91. The van der Waals surface area contributed by atoms with Crippen molar-refractivity contribution in [2.75, 3.05) is 21.3 Å². The molecule has 0 aliphatic carbocycles. The fourth-order valence-corrected chi connectivity index (χ4v) is 4.10. The van der Waals surface area contributed by atoms with Crippen LogP contribution in [0.15, 0.2) is 92.6 Å². The van der Waals surface area contributed by atoms with Crippen molar-refractivity contribution in [1.82, 2.24) is 0 Å². The molecule has 6 nitrogen and oxygen atoms in total. The molecular formula is C31H33O6Si. The second-order valence-corrected chi connectivity index (χ2v) is 8.91. The van der Waals surface area contributed by atoms with Crippen molar-refractivity contribution >= 4 is 10.2 Å². The highest BCUT2D eigenvalue weighted by Gasteiger charge is 2.35. The van der Waals surface area contributed by atoms with Crippen molar-refractivity contribution in [2.24, 2.45) is 0 Å². The Labute approximate surface area is 228 Å². The number of rotatable bonds is 15. The molecule has 0 amide bonds. The molecule has 7 heteroatoms. The highest BCUT2D eigenvalue weighted by atomic mass is 28.1. The minimum atomic E-state index is -1.84. The lowest BCUT2D eigenvalue weighted by Gasteiger charge is -2.33. The highest BCUT2D eigenvalue weighted by molar-refractivity contribution is 6.13. The van der Waals surface area contributed by atoms with E-state index in [-0.39, 0.29) is 0 Å². The molecule has 0 saturated carbocycles. The van der Waals surface area contributed by atoms with Crippen LogP contribution in [0.5, 0.6) is 34.5 Å². The number of hydrogen-bond acceptors (Lipinski definition) is 6. The fourth-order valence-electron chi connectivity index (χ4n) is 3.77. The Balaban J connectivity index is 2.05. The Morgan fingerprint density at radius 3 is 1.08 bits per heavy atom. The fraction of sp³-hybridized carbons (Fsp3) is 0.226. The molecule has 3 aromatic carbocycles. The Morgan fingerprint density at radius 2 is 0.842 bits per heavy atom. The zero-order chi connectivity index (χ0) is 27.5. The van der Waals surface area contributed by atoms with Gasteiger partial charge in [-0.25, -0.2) is 0 Å². The van der Waals surface area contributed by atoms with E-state index in [1.165, 1.54) is 0 Å². The molecule has 3 radical (unpaired) electrons. The second-order valence-electron chi connectivity index (χ2n) is 8.30. The van der Waals surface area contributed by atoms with Gasteiger partial charge in [-0.3, -0.25) is 0 Å². The van der Waals surface area contributed by atoms with E-state index in [0.717, 1.165) is 16.7 Å². The second kappa shape index (κ2) is 13.4. The Kier molecular flexibility index (Phi) is 10.1. The maximum Gasteiger partial charge on any atom is 0.372 e. The Bertz CT molecular complexity index is 1120. The van der Waals surface area contributed by atoms with Gasteiger partial charge >= 0.3 is 5.60 Å². The van der Waals surface area contributed by atoms with Gasteiger partial charge in [0.25, 0.3) is 0 Å². The third-order valence-electron chi connectivity index (χ3n) is 5.56. The van der Waals surface area contributed by atoms with Gasteiger partial charge in [0.05, 0.1) is 21.3 Å². The summed E-state index contributed by atoms with van der Waals surface area (Å²) in [5, 5.41) is 0. The summed E-state index contributed by atoms with van der Waals surface area (Å²) in [7, 11) is 8.33.